The van der Waals surface area contributed by atoms with Crippen LogP contribution in [0.4, 0.5) is 0 Å². The molecule has 0 fully saturated rings. The van der Waals surface area contributed by atoms with Gasteiger partial charge in [0.15, 0.2) is 0 Å². The number of aromatic nitrogens is 2. The van der Waals surface area contributed by atoms with Crippen LogP contribution in [0.25, 0.3) is 0 Å². The van der Waals surface area contributed by atoms with E-state index in [9.17, 15) is 0 Å². The monoisotopic (exact) mass is 223 g/mol. The van der Waals surface area contributed by atoms with Gasteiger partial charge >= 0.3 is 0 Å². The van der Waals surface area contributed by atoms with E-state index in [0.717, 1.165) is 25.0 Å². The fraction of sp³-hybridized carbons (Fsp3) is 0.667. The minimum absolute atomic E-state index is 0.296. The third kappa shape index (κ3) is 4.14. The van der Waals surface area contributed by atoms with Gasteiger partial charge in [-0.3, -0.25) is 0 Å². The molecule has 1 aromatic heterocycles. The van der Waals surface area contributed by atoms with Crippen LogP contribution in [0.15, 0.2) is 12.4 Å². The van der Waals surface area contributed by atoms with E-state index in [4.69, 9.17) is 10.5 Å². The van der Waals surface area contributed by atoms with Gasteiger partial charge in [0.1, 0.15) is 12.9 Å². The molecule has 1 rings (SSSR count). The Morgan fingerprint density at radius 3 is 2.75 bits per heavy atom. The summed E-state index contributed by atoms with van der Waals surface area (Å²) >= 11 is 0. The average Bonchev–Trinajstić information content (AvgIpc) is 2.28. The average molecular weight is 223 g/mol. The minimum Gasteiger partial charge on any atom is -0.476 e. The molecule has 1 unspecified atom stereocenters. The zero-order valence-corrected chi connectivity index (χ0v) is 10.4. The van der Waals surface area contributed by atoms with Gasteiger partial charge in [0.25, 0.3) is 0 Å². The van der Waals surface area contributed by atoms with Crippen LogP contribution >= 0.6 is 0 Å². The lowest BCUT2D eigenvalue weighted by atomic mass is 10.0. The van der Waals surface area contributed by atoms with Gasteiger partial charge in [-0.15, -0.1) is 0 Å². The second-order valence-electron chi connectivity index (χ2n) is 4.39. The maximum atomic E-state index is 5.99. The maximum Gasteiger partial charge on any atom is 0.216 e. The number of hydrogen-bond donors (Lipinski definition) is 1. The largest absolute Gasteiger partial charge is 0.476 e. The van der Waals surface area contributed by atoms with Crippen molar-refractivity contribution in [2.45, 2.75) is 45.6 Å². The van der Waals surface area contributed by atoms with E-state index in [-0.39, 0.29) is 5.54 Å². The first-order valence-corrected chi connectivity index (χ1v) is 5.80. The quantitative estimate of drug-likeness (QED) is 0.800. The SMILES string of the molecule is CCCc1cc(OCC(C)(N)CC)ncn1. The number of ether oxygens (including phenoxy) is 1. The Morgan fingerprint density at radius 1 is 1.38 bits per heavy atom. The molecule has 1 atom stereocenters. The van der Waals surface area contributed by atoms with Crippen molar-refractivity contribution < 1.29 is 4.74 Å². The van der Waals surface area contributed by atoms with Gasteiger partial charge in [-0.05, 0) is 19.8 Å². The Morgan fingerprint density at radius 2 is 2.12 bits per heavy atom. The fourth-order valence-corrected chi connectivity index (χ4v) is 1.19. The molecule has 0 saturated heterocycles. The van der Waals surface area contributed by atoms with Gasteiger partial charge in [0.2, 0.25) is 5.88 Å². The molecule has 0 aliphatic heterocycles. The van der Waals surface area contributed by atoms with Gasteiger partial charge in [-0.2, -0.15) is 0 Å². The molecule has 4 heteroatoms. The van der Waals surface area contributed by atoms with Crippen molar-refractivity contribution in [3.05, 3.63) is 18.1 Å². The predicted octanol–water partition coefficient (Wildman–Crippen LogP) is 1.94. The lowest BCUT2D eigenvalue weighted by molar-refractivity contribution is 0.218. The Hall–Kier alpha value is -1.16. The van der Waals surface area contributed by atoms with Gasteiger partial charge < -0.3 is 10.5 Å². The van der Waals surface area contributed by atoms with E-state index in [1.54, 1.807) is 6.33 Å². The summed E-state index contributed by atoms with van der Waals surface area (Å²) in [7, 11) is 0. The van der Waals surface area contributed by atoms with Crippen molar-refractivity contribution in [2.75, 3.05) is 6.61 Å². The maximum absolute atomic E-state index is 5.99. The zero-order valence-electron chi connectivity index (χ0n) is 10.4. The van der Waals surface area contributed by atoms with Gasteiger partial charge in [0.05, 0.1) is 0 Å². The topological polar surface area (TPSA) is 61.0 Å². The number of hydrogen-bond acceptors (Lipinski definition) is 4. The van der Waals surface area contributed by atoms with Crippen molar-refractivity contribution in [2.24, 2.45) is 5.73 Å². The zero-order chi connectivity index (χ0) is 12.0. The molecule has 0 aliphatic carbocycles. The molecular formula is C12H21N3O. The molecule has 0 aliphatic rings. The second kappa shape index (κ2) is 5.80. The molecule has 0 aromatic carbocycles. The van der Waals surface area contributed by atoms with E-state index in [0.29, 0.717) is 12.5 Å². The first kappa shape index (κ1) is 12.9. The molecule has 0 amide bonds. The van der Waals surface area contributed by atoms with Crippen LogP contribution in [0, 0.1) is 0 Å². The minimum atomic E-state index is -0.296. The second-order valence-corrected chi connectivity index (χ2v) is 4.39. The predicted molar refractivity (Wildman–Crippen MR) is 64.4 cm³/mol. The Balaban J connectivity index is 2.57. The lowest BCUT2D eigenvalue weighted by Crippen LogP contribution is -2.41. The molecule has 0 radical (unpaired) electrons. The highest BCUT2D eigenvalue weighted by atomic mass is 16.5. The van der Waals surface area contributed by atoms with Gasteiger partial charge in [0, 0.05) is 17.3 Å². The Bertz CT molecular complexity index is 326. The number of rotatable bonds is 6. The number of aryl methyl sites for hydroxylation is 1. The molecule has 16 heavy (non-hydrogen) atoms. The summed E-state index contributed by atoms with van der Waals surface area (Å²) in [4.78, 5) is 8.24. The molecular weight excluding hydrogens is 202 g/mol. The van der Waals surface area contributed by atoms with Gasteiger partial charge in [-0.25, -0.2) is 9.97 Å². The van der Waals surface area contributed by atoms with Gasteiger partial charge in [-0.1, -0.05) is 20.3 Å². The molecule has 1 heterocycles. The third-order valence-corrected chi connectivity index (χ3v) is 2.56. The molecule has 4 nitrogen and oxygen atoms in total. The summed E-state index contributed by atoms with van der Waals surface area (Å²) in [6, 6.07) is 1.88. The molecule has 0 bridgehead atoms. The highest BCUT2D eigenvalue weighted by Crippen LogP contribution is 2.12. The summed E-state index contributed by atoms with van der Waals surface area (Å²) in [6.07, 6.45) is 4.44. The summed E-state index contributed by atoms with van der Waals surface area (Å²) in [5.41, 5.74) is 6.71. The normalized spacial score (nSPS) is 14.5. The van der Waals surface area contributed by atoms with Crippen molar-refractivity contribution in [3.63, 3.8) is 0 Å². The number of nitrogens with two attached hydrogens (primary N) is 1. The van der Waals surface area contributed by atoms with E-state index < -0.39 is 0 Å². The lowest BCUT2D eigenvalue weighted by Gasteiger charge is -2.22. The van der Waals surface area contributed by atoms with Crippen molar-refractivity contribution in [1.82, 2.24) is 9.97 Å². The summed E-state index contributed by atoms with van der Waals surface area (Å²) < 4.78 is 5.57. The van der Waals surface area contributed by atoms with Crippen LogP contribution in [0.5, 0.6) is 5.88 Å². The van der Waals surface area contributed by atoms with Crippen molar-refractivity contribution in [3.8, 4) is 5.88 Å². The van der Waals surface area contributed by atoms with Crippen molar-refractivity contribution >= 4 is 0 Å². The first-order chi connectivity index (χ1) is 7.57. The van der Waals surface area contributed by atoms with Crippen molar-refractivity contribution in [1.29, 1.82) is 0 Å². The van der Waals surface area contributed by atoms with E-state index in [2.05, 4.69) is 16.9 Å². The highest BCUT2D eigenvalue weighted by molar-refractivity contribution is 5.13. The van der Waals surface area contributed by atoms with E-state index >= 15 is 0 Å². The van der Waals surface area contributed by atoms with Crippen LogP contribution in [0.1, 0.15) is 39.3 Å². The standard InChI is InChI=1S/C12H21N3O/c1-4-6-10-7-11(15-9-14-10)16-8-12(3,13)5-2/h7,9H,4-6,8,13H2,1-3H3. The van der Waals surface area contributed by atoms with Crippen LogP contribution < -0.4 is 10.5 Å². The highest BCUT2D eigenvalue weighted by Gasteiger charge is 2.16. The Kier molecular flexibility index (Phi) is 4.68. The van der Waals surface area contributed by atoms with Crippen LogP contribution in [-0.4, -0.2) is 22.1 Å². The smallest absolute Gasteiger partial charge is 0.216 e. The summed E-state index contributed by atoms with van der Waals surface area (Å²) in [5.74, 6) is 0.614. The Labute approximate surface area is 97.2 Å². The molecule has 2 N–H and O–H groups in total. The third-order valence-electron chi connectivity index (χ3n) is 2.56. The molecule has 1 aromatic rings. The molecule has 0 spiro atoms. The summed E-state index contributed by atoms with van der Waals surface area (Å²) in [6.45, 7) is 6.62. The van der Waals surface area contributed by atoms with Crippen LogP contribution in [0.3, 0.4) is 0 Å². The van der Waals surface area contributed by atoms with E-state index in [1.807, 2.05) is 19.9 Å². The van der Waals surface area contributed by atoms with Crippen LogP contribution in [0.2, 0.25) is 0 Å². The van der Waals surface area contributed by atoms with Crippen LogP contribution in [-0.2, 0) is 6.42 Å². The fourth-order valence-electron chi connectivity index (χ4n) is 1.19. The first-order valence-electron chi connectivity index (χ1n) is 5.80. The summed E-state index contributed by atoms with van der Waals surface area (Å²) in [5, 5.41) is 0. The van der Waals surface area contributed by atoms with E-state index in [1.165, 1.54) is 0 Å². The number of nitrogens with zero attached hydrogens (tertiary/aromatic N) is 2. The molecule has 0 saturated carbocycles. The molecule has 90 valence electrons.